The van der Waals surface area contributed by atoms with Crippen LogP contribution in [-0.4, -0.2) is 35.0 Å². The van der Waals surface area contributed by atoms with Gasteiger partial charge in [-0.05, 0) is 12.2 Å². The maximum atomic E-state index is 10.2. The van der Waals surface area contributed by atoms with Crippen LogP contribution in [0.25, 0.3) is 0 Å². The zero-order valence-electron chi connectivity index (χ0n) is 5.23. The molecule has 0 radical (unpaired) electrons. The van der Waals surface area contributed by atoms with Crippen molar-refractivity contribution in [3.8, 4) is 0 Å². The molecule has 0 amide bonds. The highest BCUT2D eigenvalue weighted by Gasteiger charge is 1.95. The Hall–Kier alpha value is -1.00. The van der Waals surface area contributed by atoms with Crippen molar-refractivity contribution in [3.63, 3.8) is 0 Å². The molecule has 2 N–H and O–H groups in total. The summed E-state index contributed by atoms with van der Waals surface area (Å²) in [6, 6.07) is 0. The zero-order chi connectivity index (χ0) is 7.98. The zero-order valence-corrected chi connectivity index (χ0v) is 5.23. The van der Waals surface area contributed by atoms with Crippen molar-refractivity contribution in [3.05, 3.63) is 12.2 Å². The lowest BCUT2D eigenvalue weighted by Crippen LogP contribution is -2.08. The number of aliphatic hydroxyl groups excluding tert-OH is 2. The molecule has 0 saturated heterocycles. The molecule has 0 bridgehead atoms. The maximum absolute atomic E-state index is 10.2. The minimum atomic E-state index is -1.07. The van der Waals surface area contributed by atoms with E-state index in [9.17, 15) is 9.59 Å². The van der Waals surface area contributed by atoms with Crippen LogP contribution in [0.2, 0.25) is 0 Å². The van der Waals surface area contributed by atoms with Crippen LogP contribution in [0.3, 0.4) is 0 Å². The molecule has 0 spiro atoms. The number of aliphatic hydroxyl groups is 2. The summed E-state index contributed by atoms with van der Waals surface area (Å²) in [5.41, 5.74) is 0. The highest BCUT2D eigenvalue weighted by molar-refractivity contribution is 6.30. The lowest BCUT2D eigenvalue weighted by Gasteiger charge is -1.95. The van der Waals surface area contributed by atoms with Crippen LogP contribution < -0.4 is 0 Å². The van der Waals surface area contributed by atoms with Crippen LogP contribution in [0.4, 0.5) is 0 Å². The predicted octanol–water partition coefficient (Wildman–Crippen LogP) is -1.34. The van der Waals surface area contributed by atoms with Gasteiger partial charge in [-0.2, -0.15) is 0 Å². The Balaban J connectivity index is 3.74. The first kappa shape index (κ1) is 9.00. The lowest BCUT2D eigenvalue weighted by atomic mass is 10.3. The van der Waals surface area contributed by atoms with Gasteiger partial charge < -0.3 is 10.2 Å². The topological polar surface area (TPSA) is 74.6 Å². The van der Waals surface area contributed by atoms with Gasteiger partial charge in [0.2, 0.25) is 5.78 Å². The van der Waals surface area contributed by atoms with Gasteiger partial charge in [0.15, 0.2) is 6.29 Å². The van der Waals surface area contributed by atoms with Gasteiger partial charge in [0.05, 0.1) is 12.7 Å². The second-order valence-electron chi connectivity index (χ2n) is 1.63. The Morgan fingerprint density at radius 1 is 1.60 bits per heavy atom. The van der Waals surface area contributed by atoms with E-state index in [2.05, 4.69) is 0 Å². The predicted molar refractivity (Wildman–Crippen MR) is 33.3 cm³/mol. The van der Waals surface area contributed by atoms with Crippen LogP contribution in [0.5, 0.6) is 0 Å². The molecule has 0 heterocycles. The van der Waals surface area contributed by atoms with E-state index in [0.717, 1.165) is 12.2 Å². The Kier molecular flexibility index (Phi) is 4.36. The van der Waals surface area contributed by atoms with E-state index in [1.807, 2.05) is 0 Å². The van der Waals surface area contributed by atoms with Gasteiger partial charge in [-0.15, -0.1) is 0 Å². The van der Waals surface area contributed by atoms with Crippen molar-refractivity contribution >= 4 is 12.1 Å². The third-order valence-corrected chi connectivity index (χ3v) is 0.786. The average molecular weight is 144 g/mol. The molecule has 0 aliphatic carbocycles. The third-order valence-electron chi connectivity index (χ3n) is 0.786. The van der Waals surface area contributed by atoms with E-state index in [1.54, 1.807) is 0 Å². The fraction of sp³-hybridized carbons (Fsp3) is 0.333. The summed E-state index contributed by atoms with van der Waals surface area (Å²) in [5.74, 6) is -0.729. The third kappa shape index (κ3) is 3.94. The minimum absolute atomic E-state index is 0.126. The molecule has 0 fully saturated rings. The van der Waals surface area contributed by atoms with E-state index in [1.165, 1.54) is 0 Å². The number of ketones is 1. The molecule has 1 unspecified atom stereocenters. The van der Waals surface area contributed by atoms with Crippen LogP contribution in [0.1, 0.15) is 0 Å². The van der Waals surface area contributed by atoms with E-state index in [4.69, 9.17) is 10.2 Å². The molecule has 56 valence electrons. The summed E-state index contributed by atoms with van der Waals surface area (Å²) in [5, 5.41) is 16.8. The van der Waals surface area contributed by atoms with Crippen molar-refractivity contribution in [2.75, 3.05) is 6.61 Å². The van der Waals surface area contributed by atoms with E-state index < -0.39 is 18.5 Å². The van der Waals surface area contributed by atoms with Crippen molar-refractivity contribution in [1.82, 2.24) is 0 Å². The summed E-state index contributed by atoms with van der Waals surface area (Å²) >= 11 is 0. The standard InChI is InChI=1S/C6H8O4/c7-3-5(9)1-2-6(10)4-8/h1-3,6,8,10H,4H2/b2-1-. The van der Waals surface area contributed by atoms with Crippen molar-refractivity contribution in [1.29, 1.82) is 0 Å². The van der Waals surface area contributed by atoms with E-state index >= 15 is 0 Å². The van der Waals surface area contributed by atoms with Crippen molar-refractivity contribution < 1.29 is 19.8 Å². The Morgan fingerprint density at radius 3 is 2.60 bits per heavy atom. The number of allylic oxidation sites excluding steroid dienone is 1. The minimum Gasteiger partial charge on any atom is -0.393 e. The largest absolute Gasteiger partial charge is 0.393 e. The first-order valence-electron chi connectivity index (χ1n) is 2.67. The quantitative estimate of drug-likeness (QED) is 0.291. The molecule has 4 heteroatoms. The summed E-state index contributed by atoms with van der Waals surface area (Å²) in [6.07, 6.45) is 1.02. The lowest BCUT2D eigenvalue weighted by molar-refractivity contribution is -0.126. The summed E-state index contributed by atoms with van der Waals surface area (Å²) < 4.78 is 0. The molecular weight excluding hydrogens is 136 g/mol. The molecule has 0 aromatic heterocycles. The van der Waals surface area contributed by atoms with Gasteiger partial charge in [0.25, 0.3) is 0 Å². The van der Waals surface area contributed by atoms with Crippen molar-refractivity contribution in [2.24, 2.45) is 0 Å². The highest BCUT2D eigenvalue weighted by Crippen LogP contribution is 1.82. The van der Waals surface area contributed by atoms with Crippen molar-refractivity contribution in [2.45, 2.75) is 6.10 Å². The Bertz CT molecular complexity index is 150. The number of hydrogen-bond donors (Lipinski definition) is 2. The normalized spacial score (nSPS) is 13.4. The molecule has 0 saturated carbocycles. The molecule has 0 rings (SSSR count). The summed E-state index contributed by atoms with van der Waals surface area (Å²) in [7, 11) is 0. The summed E-state index contributed by atoms with van der Waals surface area (Å²) in [4.78, 5) is 19.8. The van der Waals surface area contributed by atoms with Gasteiger partial charge in [-0.25, -0.2) is 0 Å². The van der Waals surface area contributed by atoms with Crippen LogP contribution in [-0.2, 0) is 9.59 Å². The summed E-state index contributed by atoms with van der Waals surface area (Å²) in [6.45, 7) is -0.456. The number of aldehydes is 1. The molecule has 0 aliphatic rings. The first-order chi connectivity index (χ1) is 4.70. The van der Waals surface area contributed by atoms with E-state index in [0.29, 0.717) is 0 Å². The molecule has 0 aromatic carbocycles. The first-order valence-corrected chi connectivity index (χ1v) is 2.67. The smallest absolute Gasteiger partial charge is 0.217 e. The molecule has 0 aliphatic heterocycles. The molecule has 1 atom stereocenters. The van der Waals surface area contributed by atoms with Crippen LogP contribution >= 0.6 is 0 Å². The number of carbonyl (C=O) groups excluding carboxylic acids is 2. The second-order valence-corrected chi connectivity index (χ2v) is 1.63. The number of hydrogen-bond acceptors (Lipinski definition) is 4. The van der Waals surface area contributed by atoms with Crippen LogP contribution in [0.15, 0.2) is 12.2 Å². The fourth-order valence-electron chi connectivity index (χ4n) is 0.306. The van der Waals surface area contributed by atoms with Gasteiger partial charge >= 0.3 is 0 Å². The average Bonchev–Trinajstić information content (AvgIpc) is 1.99. The number of carbonyl (C=O) groups is 2. The Labute approximate surface area is 57.8 Å². The molecular formula is C6H8O4. The fourth-order valence-corrected chi connectivity index (χ4v) is 0.306. The number of rotatable bonds is 4. The highest BCUT2D eigenvalue weighted by atomic mass is 16.3. The van der Waals surface area contributed by atoms with Gasteiger partial charge in [0, 0.05) is 0 Å². The van der Waals surface area contributed by atoms with Gasteiger partial charge in [0.1, 0.15) is 0 Å². The monoisotopic (exact) mass is 144 g/mol. The maximum Gasteiger partial charge on any atom is 0.217 e. The van der Waals surface area contributed by atoms with Gasteiger partial charge in [-0.1, -0.05) is 0 Å². The Morgan fingerprint density at radius 2 is 2.20 bits per heavy atom. The van der Waals surface area contributed by atoms with Crippen LogP contribution in [0, 0.1) is 0 Å². The van der Waals surface area contributed by atoms with E-state index in [-0.39, 0.29) is 6.29 Å². The molecule has 4 nitrogen and oxygen atoms in total. The SMILES string of the molecule is O=CC(=O)/C=C\C(O)CO. The second kappa shape index (κ2) is 4.84. The molecule has 10 heavy (non-hydrogen) atoms. The molecule has 0 aromatic rings. The van der Waals surface area contributed by atoms with Gasteiger partial charge in [-0.3, -0.25) is 9.59 Å².